The molecule has 0 aliphatic heterocycles. The van der Waals surface area contributed by atoms with E-state index in [1.807, 2.05) is 27.8 Å². The molecule has 0 spiro atoms. The van der Waals surface area contributed by atoms with Crippen LogP contribution in [0, 0.1) is 12.8 Å². The van der Waals surface area contributed by atoms with Crippen LogP contribution in [0.1, 0.15) is 26.6 Å². The van der Waals surface area contributed by atoms with Crippen molar-refractivity contribution in [3.05, 3.63) is 12.0 Å². The summed E-state index contributed by atoms with van der Waals surface area (Å²) in [5, 5.41) is 8.31. The largest absolute Gasteiger partial charge is 0.466 e. The lowest BCUT2D eigenvalue weighted by atomic mass is 10.0. The van der Waals surface area contributed by atoms with Crippen molar-refractivity contribution in [3.8, 4) is 0 Å². The minimum atomic E-state index is -0.271. The Morgan fingerprint density at radius 1 is 1.43 bits per heavy atom. The molecule has 0 saturated carbocycles. The van der Waals surface area contributed by atoms with E-state index in [9.17, 15) is 4.79 Å². The molecule has 2 aromatic rings. The smallest absolute Gasteiger partial charge is 0.310 e. The predicted molar refractivity (Wildman–Crippen MR) is 79.9 cm³/mol. The Morgan fingerprint density at radius 2 is 2.14 bits per heavy atom. The maximum absolute atomic E-state index is 11.8. The molecule has 0 radical (unpaired) electrons. The second kappa shape index (κ2) is 6.07. The average Bonchev–Trinajstić information content (AvgIpc) is 2.80. The Labute approximate surface area is 123 Å². The van der Waals surface area contributed by atoms with Crippen molar-refractivity contribution in [1.29, 1.82) is 0 Å². The highest BCUT2D eigenvalue weighted by atomic mass is 16.5. The van der Waals surface area contributed by atoms with Crippen LogP contribution in [0.4, 0.5) is 5.82 Å². The minimum Gasteiger partial charge on any atom is -0.466 e. The molecule has 2 aromatic heterocycles. The SMILES string of the molecule is CCOC(=O)C(C)C(C)Nc1nc(C)nc2c1cnn2C. The van der Waals surface area contributed by atoms with Crippen LogP contribution < -0.4 is 5.32 Å². The number of esters is 1. The van der Waals surface area contributed by atoms with E-state index in [-0.39, 0.29) is 17.9 Å². The summed E-state index contributed by atoms with van der Waals surface area (Å²) in [5.41, 5.74) is 0.765. The summed E-state index contributed by atoms with van der Waals surface area (Å²) in [5.74, 6) is 0.858. The van der Waals surface area contributed by atoms with E-state index in [0.29, 0.717) is 18.2 Å². The van der Waals surface area contributed by atoms with Crippen LogP contribution >= 0.6 is 0 Å². The van der Waals surface area contributed by atoms with Gasteiger partial charge in [0.25, 0.3) is 0 Å². The Hall–Kier alpha value is -2.18. The number of fused-ring (bicyclic) bond motifs is 1. The third-order valence-corrected chi connectivity index (χ3v) is 3.48. The van der Waals surface area contributed by atoms with Crippen LogP contribution in [0.25, 0.3) is 11.0 Å². The number of hydrogen-bond donors (Lipinski definition) is 1. The van der Waals surface area contributed by atoms with Gasteiger partial charge in [-0.1, -0.05) is 0 Å². The first-order chi connectivity index (χ1) is 9.93. The summed E-state index contributed by atoms with van der Waals surface area (Å²) in [7, 11) is 1.84. The quantitative estimate of drug-likeness (QED) is 0.844. The maximum Gasteiger partial charge on any atom is 0.310 e. The van der Waals surface area contributed by atoms with Gasteiger partial charge in [0.05, 0.1) is 24.1 Å². The molecule has 2 rings (SSSR count). The Kier molecular flexibility index (Phi) is 4.40. The number of hydrogen-bond acceptors (Lipinski definition) is 6. The monoisotopic (exact) mass is 291 g/mol. The molecule has 2 atom stereocenters. The van der Waals surface area contributed by atoms with Crippen molar-refractivity contribution in [2.45, 2.75) is 33.7 Å². The van der Waals surface area contributed by atoms with Crippen molar-refractivity contribution in [2.75, 3.05) is 11.9 Å². The zero-order chi connectivity index (χ0) is 15.6. The number of carbonyl (C=O) groups is 1. The zero-order valence-corrected chi connectivity index (χ0v) is 13.0. The van der Waals surface area contributed by atoms with Gasteiger partial charge in [0.1, 0.15) is 11.6 Å². The molecule has 0 aromatic carbocycles. The van der Waals surface area contributed by atoms with Gasteiger partial charge in [-0.2, -0.15) is 5.10 Å². The van der Waals surface area contributed by atoms with Gasteiger partial charge in [0, 0.05) is 13.1 Å². The molecule has 7 nitrogen and oxygen atoms in total. The number of carbonyl (C=O) groups excluding carboxylic acids is 1. The molecule has 1 N–H and O–H groups in total. The summed E-state index contributed by atoms with van der Waals surface area (Å²) < 4.78 is 6.75. The fraction of sp³-hybridized carbons (Fsp3) is 0.571. The van der Waals surface area contributed by atoms with E-state index in [1.165, 1.54) is 0 Å². The number of anilines is 1. The summed E-state index contributed by atoms with van der Waals surface area (Å²) >= 11 is 0. The van der Waals surface area contributed by atoms with E-state index >= 15 is 0 Å². The molecule has 0 amide bonds. The van der Waals surface area contributed by atoms with Crippen LogP contribution in [0.3, 0.4) is 0 Å². The molecule has 0 fully saturated rings. The second-order valence-electron chi connectivity index (χ2n) is 5.10. The molecule has 0 aliphatic carbocycles. The first-order valence-corrected chi connectivity index (χ1v) is 7.03. The molecule has 0 bridgehead atoms. The Morgan fingerprint density at radius 3 is 2.81 bits per heavy atom. The second-order valence-corrected chi connectivity index (χ2v) is 5.10. The lowest BCUT2D eigenvalue weighted by molar-refractivity contribution is -0.147. The minimum absolute atomic E-state index is 0.109. The van der Waals surface area contributed by atoms with Crippen molar-refractivity contribution < 1.29 is 9.53 Å². The van der Waals surface area contributed by atoms with Gasteiger partial charge in [-0.15, -0.1) is 0 Å². The fourth-order valence-corrected chi connectivity index (χ4v) is 2.06. The molecular formula is C14H21N5O2. The first kappa shape index (κ1) is 15.2. The van der Waals surface area contributed by atoms with E-state index < -0.39 is 0 Å². The summed E-state index contributed by atoms with van der Waals surface area (Å²) in [6, 6.07) is -0.109. The van der Waals surface area contributed by atoms with Gasteiger partial charge < -0.3 is 10.1 Å². The van der Waals surface area contributed by atoms with E-state index in [4.69, 9.17) is 4.74 Å². The summed E-state index contributed by atoms with van der Waals surface area (Å²) in [6.45, 7) is 7.79. The summed E-state index contributed by atoms with van der Waals surface area (Å²) in [6.07, 6.45) is 1.72. The molecular weight excluding hydrogens is 270 g/mol. The number of rotatable bonds is 5. The highest BCUT2D eigenvalue weighted by Gasteiger charge is 2.22. The van der Waals surface area contributed by atoms with Crippen molar-refractivity contribution in [3.63, 3.8) is 0 Å². The van der Waals surface area contributed by atoms with Crippen LogP contribution in [-0.4, -0.2) is 38.4 Å². The van der Waals surface area contributed by atoms with Crippen LogP contribution in [0.15, 0.2) is 6.20 Å². The average molecular weight is 291 g/mol. The maximum atomic E-state index is 11.8. The van der Waals surface area contributed by atoms with Gasteiger partial charge >= 0.3 is 5.97 Å². The number of nitrogens with one attached hydrogen (secondary N) is 1. The highest BCUT2D eigenvalue weighted by molar-refractivity contribution is 5.86. The number of ether oxygens (including phenoxy) is 1. The van der Waals surface area contributed by atoms with E-state index in [0.717, 1.165) is 11.0 Å². The van der Waals surface area contributed by atoms with Crippen molar-refractivity contribution in [2.24, 2.45) is 13.0 Å². The Bertz CT molecular complexity index is 652. The third-order valence-electron chi connectivity index (χ3n) is 3.48. The molecule has 2 unspecified atom stereocenters. The molecule has 7 heteroatoms. The first-order valence-electron chi connectivity index (χ1n) is 7.03. The number of aromatic nitrogens is 4. The van der Waals surface area contributed by atoms with Crippen LogP contribution in [0.5, 0.6) is 0 Å². The summed E-state index contributed by atoms with van der Waals surface area (Å²) in [4.78, 5) is 20.6. The number of nitrogens with zero attached hydrogens (tertiary/aromatic N) is 4. The van der Waals surface area contributed by atoms with E-state index in [2.05, 4.69) is 20.4 Å². The number of aryl methyl sites for hydroxylation is 2. The normalized spacial score (nSPS) is 14.0. The van der Waals surface area contributed by atoms with Crippen LogP contribution in [0.2, 0.25) is 0 Å². The topological polar surface area (TPSA) is 81.9 Å². The Balaban J connectivity index is 2.25. The van der Waals surface area contributed by atoms with Gasteiger partial charge in [0.2, 0.25) is 0 Å². The highest BCUT2D eigenvalue weighted by Crippen LogP contribution is 2.21. The molecule has 21 heavy (non-hydrogen) atoms. The van der Waals surface area contributed by atoms with Gasteiger partial charge in [-0.05, 0) is 27.7 Å². The van der Waals surface area contributed by atoms with Gasteiger partial charge in [-0.3, -0.25) is 9.48 Å². The standard InChI is InChI=1S/C14H21N5O2/c1-6-21-14(20)8(2)9(3)16-12-11-7-15-19(5)13(11)18-10(4)17-12/h7-9H,6H2,1-5H3,(H,16,17,18). The predicted octanol–water partition coefficient (Wildman–Crippen LogP) is 1.67. The molecule has 2 heterocycles. The van der Waals surface area contributed by atoms with Crippen molar-refractivity contribution in [1.82, 2.24) is 19.7 Å². The zero-order valence-electron chi connectivity index (χ0n) is 13.0. The molecule has 0 aliphatic rings. The van der Waals surface area contributed by atoms with Crippen LogP contribution in [-0.2, 0) is 16.6 Å². The van der Waals surface area contributed by atoms with Crippen molar-refractivity contribution >= 4 is 22.8 Å². The fourth-order valence-electron chi connectivity index (χ4n) is 2.06. The molecule has 0 saturated heterocycles. The molecule has 114 valence electrons. The lowest BCUT2D eigenvalue weighted by Crippen LogP contribution is -2.31. The van der Waals surface area contributed by atoms with Gasteiger partial charge in [-0.25, -0.2) is 9.97 Å². The third kappa shape index (κ3) is 3.12. The lowest BCUT2D eigenvalue weighted by Gasteiger charge is -2.20. The van der Waals surface area contributed by atoms with E-state index in [1.54, 1.807) is 17.8 Å². The van der Waals surface area contributed by atoms with Gasteiger partial charge in [0.15, 0.2) is 5.65 Å².